The van der Waals surface area contributed by atoms with Crippen LogP contribution in [0.2, 0.25) is 0 Å². The van der Waals surface area contributed by atoms with E-state index >= 15 is 0 Å². The maximum absolute atomic E-state index is 13.1. The maximum atomic E-state index is 13.1. The minimum atomic E-state index is -0.00374. The third kappa shape index (κ3) is 6.25. The van der Waals surface area contributed by atoms with E-state index in [0.717, 1.165) is 40.8 Å². The van der Waals surface area contributed by atoms with Gasteiger partial charge in [-0.05, 0) is 98.5 Å². The molecule has 1 amide bonds. The highest BCUT2D eigenvalue weighted by Crippen LogP contribution is 2.34. The minimum Gasteiger partial charge on any atom is -0.489 e. The van der Waals surface area contributed by atoms with Gasteiger partial charge in [-0.3, -0.25) is 9.69 Å². The molecule has 2 fully saturated rings. The number of hydrogen-bond donors (Lipinski definition) is 0. The summed E-state index contributed by atoms with van der Waals surface area (Å²) in [5.74, 6) is 0.801. The van der Waals surface area contributed by atoms with Crippen molar-refractivity contribution in [3.05, 3.63) is 94.4 Å². The molecule has 37 heavy (non-hydrogen) atoms. The fraction of sp³-hybridized carbons (Fsp3) is 0.290. The fourth-order valence-corrected chi connectivity index (χ4v) is 5.71. The number of benzene rings is 3. The Morgan fingerprint density at radius 3 is 2.43 bits per heavy atom. The van der Waals surface area contributed by atoms with Crippen LogP contribution in [0.15, 0.2) is 82.7 Å². The summed E-state index contributed by atoms with van der Waals surface area (Å²) < 4.78 is 5.93. The lowest BCUT2D eigenvalue weighted by molar-refractivity contribution is -0.122. The van der Waals surface area contributed by atoms with Crippen molar-refractivity contribution in [3.63, 3.8) is 0 Å². The molecule has 0 spiro atoms. The largest absolute Gasteiger partial charge is 0.489 e. The number of carbonyl (C=O) groups excluding carboxylic acids is 1. The Balaban J connectivity index is 1.26. The van der Waals surface area contributed by atoms with Gasteiger partial charge in [0.1, 0.15) is 12.4 Å². The second-order valence-corrected chi connectivity index (χ2v) is 10.5. The lowest BCUT2D eigenvalue weighted by Gasteiger charge is -2.28. The summed E-state index contributed by atoms with van der Waals surface area (Å²) in [6, 6.07) is 24.6. The summed E-state index contributed by atoms with van der Waals surface area (Å²) in [4.78, 5) is 22.8. The number of anilines is 1. The number of aliphatic imine (C=N–C) groups is 1. The first-order valence-electron chi connectivity index (χ1n) is 13.0. The molecule has 2 heterocycles. The number of hydrogen-bond acceptors (Lipinski definition) is 5. The normalized spacial score (nSPS) is 18.2. The molecule has 2 aliphatic rings. The van der Waals surface area contributed by atoms with Crippen LogP contribution < -0.4 is 9.64 Å². The number of aryl methyl sites for hydroxylation is 1. The molecule has 0 aromatic heterocycles. The van der Waals surface area contributed by atoms with Crippen LogP contribution in [-0.4, -0.2) is 35.6 Å². The summed E-state index contributed by atoms with van der Waals surface area (Å²) >= 11 is 1.43. The van der Waals surface area contributed by atoms with Gasteiger partial charge in [0.2, 0.25) is 0 Å². The van der Waals surface area contributed by atoms with Crippen LogP contribution in [0.3, 0.4) is 0 Å². The van der Waals surface area contributed by atoms with E-state index in [1.54, 1.807) is 4.90 Å². The molecule has 2 aliphatic heterocycles. The number of thioether (sulfide) groups is 1. The molecule has 0 unspecified atom stereocenters. The molecule has 6 heteroatoms. The molecule has 5 nitrogen and oxygen atoms in total. The van der Waals surface area contributed by atoms with Gasteiger partial charge in [-0.15, -0.1) is 0 Å². The van der Waals surface area contributed by atoms with E-state index in [4.69, 9.17) is 9.73 Å². The Bertz CT molecular complexity index is 1290. The zero-order chi connectivity index (χ0) is 25.6. The topological polar surface area (TPSA) is 45.1 Å². The first kappa shape index (κ1) is 25.2. The second kappa shape index (κ2) is 11.7. The van der Waals surface area contributed by atoms with Crippen molar-refractivity contribution in [1.29, 1.82) is 0 Å². The van der Waals surface area contributed by atoms with Gasteiger partial charge >= 0.3 is 0 Å². The summed E-state index contributed by atoms with van der Waals surface area (Å²) in [6.07, 6.45) is 5.77. The first-order valence-corrected chi connectivity index (χ1v) is 13.8. The molecule has 0 radical (unpaired) electrons. The highest BCUT2D eigenvalue weighted by molar-refractivity contribution is 8.18. The number of nitrogens with zero attached hydrogens (tertiary/aromatic N) is 3. The van der Waals surface area contributed by atoms with E-state index in [1.165, 1.54) is 42.3 Å². The smallest absolute Gasteiger partial charge is 0.266 e. The first-order chi connectivity index (χ1) is 18.1. The van der Waals surface area contributed by atoms with Crippen LogP contribution in [0, 0.1) is 6.92 Å². The van der Waals surface area contributed by atoms with E-state index in [-0.39, 0.29) is 5.91 Å². The van der Waals surface area contributed by atoms with Crippen LogP contribution in [0.25, 0.3) is 6.08 Å². The molecule has 0 atom stereocenters. The average molecular weight is 512 g/mol. The number of rotatable bonds is 7. The average Bonchev–Trinajstić information content (AvgIpc) is 3.22. The Morgan fingerprint density at radius 2 is 1.73 bits per heavy atom. The lowest BCUT2D eigenvalue weighted by Crippen LogP contribution is -2.29. The van der Waals surface area contributed by atoms with Crippen LogP contribution in [0.5, 0.6) is 5.75 Å². The maximum Gasteiger partial charge on any atom is 0.266 e. The van der Waals surface area contributed by atoms with Crippen molar-refractivity contribution in [1.82, 2.24) is 4.90 Å². The van der Waals surface area contributed by atoms with E-state index in [2.05, 4.69) is 42.2 Å². The third-order valence-electron chi connectivity index (χ3n) is 6.67. The van der Waals surface area contributed by atoms with Crippen molar-refractivity contribution < 1.29 is 9.53 Å². The quantitative estimate of drug-likeness (QED) is 0.315. The highest BCUT2D eigenvalue weighted by atomic mass is 32.2. The Morgan fingerprint density at radius 1 is 0.973 bits per heavy atom. The van der Waals surface area contributed by atoms with Gasteiger partial charge in [0, 0.05) is 25.3 Å². The zero-order valence-corrected chi connectivity index (χ0v) is 22.3. The summed E-state index contributed by atoms with van der Waals surface area (Å²) in [5, 5.41) is 0.725. The monoisotopic (exact) mass is 511 g/mol. The van der Waals surface area contributed by atoms with Crippen molar-refractivity contribution in [3.8, 4) is 5.75 Å². The summed E-state index contributed by atoms with van der Waals surface area (Å²) in [6.45, 7) is 7.42. The summed E-state index contributed by atoms with van der Waals surface area (Å²) in [5.41, 5.74) is 5.44. The minimum absolute atomic E-state index is 0.00374. The van der Waals surface area contributed by atoms with Crippen LogP contribution in [0.4, 0.5) is 11.4 Å². The fourth-order valence-electron chi connectivity index (χ4n) is 4.65. The van der Waals surface area contributed by atoms with Crippen molar-refractivity contribution in [2.45, 2.75) is 39.7 Å². The van der Waals surface area contributed by atoms with Gasteiger partial charge in [-0.1, -0.05) is 42.0 Å². The van der Waals surface area contributed by atoms with Gasteiger partial charge in [0.05, 0.1) is 10.6 Å². The highest BCUT2D eigenvalue weighted by Gasteiger charge is 2.32. The molecular weight excluding hydrogens is 478 g/mol. The molecule has 0 bridgehead atoms. The summed E-state index contributed by atoms with van der Waals surface area (Å²) in [7, 11) is 0. The molecule has 3 aromatic carbocycles. The van der Waals surface area contributed by atoms with E-state index in [1.807, 2.05) is 55.5 Å². The standard InChI is InChI=1S/C31H33N3O2S/c1-3-34-30(35)29(21-24-10-16-28(17-11-24)36-22-25-9-7-8-23(2)20-25)37-31(34)32-26-12-14-27(15-13-26)33-18-5-4-6-19-33/h7-17,20-21H,3-6,18-19,22H2,1-2H3/b29-21-,32-31?. The molecule has 0 saturated carbocycles. The zero-order valence-electron chi connectivity index (χ0n) is 21.5. The number of carbonyl (C=O) groups is 1. The molecular formula is C31H33N3O2S. The number of amides is 1. The third-order valence-corrected chi connectivity index (χ3v) is 7.67. The number of likely N-dealkylation sites (N-methyl/N-ethyl adjacent to an activating group) is 1. The predicted octanol–water partition coefficient (Wildman–Crippen LogP) is 7.19. The molecule has 5 rings (SSSR count). The van der Waals surface area contributed by atoms with Gasteiger partial charge in [-0.2, -0.15) is 0 Å². The van der Waals surface area contributed by atoms with Crippen molar-refractivity contribution in [2.75, 3.05) is 24.5 Å². The van der Waals surface area contributed by atoms with E-state index in [9.17, 15) is 4.79 Å². The SMILES string of the molecule is CCN1C(=O)/C(=C/c2ccc(OCc3cccc(C)c3)cc2)SC1=Nc1ccc(N2CCCCC2)cc1. The molecule has 2 saturated heterocycles. The molecule has 190 valence electrons. The van der Waals surface area contributed by atoms with Crippen LogP contribution in [-0.2, 0) is 11.4 Å². The van der Waals surface area contributed by atoms with E-state index in [0.29, 0.717) is 18.1 Å². The van der Waals surface area contributed by atoms with Crippen molar-refractivity contribution in [2.24, 2.45) is 4.99 Å². The number of ether oxygens (including phenoxy) is 1. The second-order valence-electron chi connectivity index (χ2n) is 9.47. The van der Waals surface area contributed by atoms with Crippen LogP contribution >= 0.6 is 11.8 Å². The van der Waals surface area contributed by atoms with Crippen molar-refractivity contribution >= 4 is 40.3 Å². The van der Waals surface area contributed by atoms with Gasteiger partial charge in [0.25, 0.3) is 5.91 Å². The van der Waals surface area contributed by atoms with E-state index < -0.39 is 0 Å². The Kier molecular flexibility index (Phi) is 7.95. The van der Waals surface area contributed by atoms with Gasteiger partial charge in [-0.25, -0.2) is 4.99 Å². The predicted molar refractivity (Wildman–Crippen MR) is 155 cm³/mol. The van der Waals surface area contributed by atoms with Gasteiger partial charge < -0.3 is 9.64 Å². The molecule has 3 aromatic rings. The molecule has 0 aliphatic carbocycles. The molecule has 0 N–H and O–H groups in total. The number of amidine groups is 1. The Hall–Kier alpha value is -3.51. The Labute approximate surface area is 223 Å². The number of piperidine rings is 1. The lowest BCUT2D eigenvalue weighted by atomic mass is 10.1. The van der Waals surface area contributed by atoms with Crippen LogP contribution in [0.1, 0.15) is 42.9 Å². The van der Waals surface area contributed by atoms with Gasteiger partial charge in [0.15, 0.2) is 5.17 Å².